The normalized spacial score (nSPS) is 12.5. The highest BCUT2D eigenvalue weighted by Crippen LogP contribution is 2.23. The molecule has 6 heteroatoms. The minimum Gasteiger partial charge on any atom is -0.387 e. The second kappa shape index (κ2) is 9.00. The van der Waals surface area contributed by atoms with E-state index in [0.717, 1.165) is 0 Å². The van der Waals surface area contributed by atoms with Gasteiger partial charge in [0.1, 0.15) is 0 Å². The average Bonchev–Trinajstić information content (AvgIpc) is 2.44. The van der Waals surface area contributed by atoms with Gasteiger partial charge in [0.25, 0.3) is 0 Å². The van der Waals surface area contributed by atoms with Crippen LogP contribution in [0.15, 0.2) is 24.3 Å². The molecule has 0 saturated carbocycles. The lowest BCUT2D eigenvalue weighted by Gasteiger charge is -2.26. The summed E-state index contributed by atoms with van der Waals surface area (Å²) < 4.78 is 5.05. The summed E-state index contributed by atoms with van der Waals surface area (Å²) in [7, 11) is 5.03. The first-order valence-electron chi connectivity index (χ1n) is 6.79. The molecule has 0 radical (unpaired) electrons. The van der Waals surface area contributed by atoms with E-state index in [9.17, 15) is 9.90 Å². The first-order chi connectivity index (χ1) is 9.95. The van der Waals surface area contributed by atoms with E-state index in [0.29, 0.717) is 30.3 Å². The van der Waals surface area contributed by atoms with E-state index in [2.05, 4.69) is 0 Å². The highest BCUT2D eigenvalue weighted by Gasteiger charge is 2.18. The van der Waals surface area contributed by atoms with Gasteiger partial charge >= 0.3 is 0 Å². The quantitative estimate of drug-likeness (QED) is 0.788. The van der Waals surface area contributed by atoms with Gasteiger partial charge in [0, 0.05) is 44.9 Å². The van der Waals surface area contributed by atoms with Crippen LogP contribution in [0.25, 0.3) is 0 Å². The number of aliphatic hydroxyl groups excluding tert-OH is 1. The Morgan fingerprint density at radius 1 is 1.38 bits per heavy atom. The van der Waals surface area contributed by atoms with Gasteiger partial charge in [0.05, 0.1) is 19.3 Å². The molecule has 1 atom stereocenters. The number of halogens is 1. The highest BCUT2D eigenvalue weighted by atomic mass is 35.5. The van der Waals surface area contributed by atoms with Crippen LogP contribution in [-0.2, 0) is 9.53 Å². The third-order valence-corrected chi connectivity index (χ3v) is 3.51. The average molecular weight is 315 g/mol. The maximum absolute atomic E-state index is 11.8. The molecule has 118 valence electrons. The van der Waals surface area contributed by atoms with E-state index in [1.54, 1.807) is 33.3 Å². The van der Waals surface area contributed by atoms with Crippen molar-refractivity contribution < 1.29 is 14.6 Å². The van der Waals surface area contributed by atoms with Crippen LogP contribution >= 0.6 is 11.6 Å². The molecule has 1 N–H and O–H groups in total. The third kappa shape index (κ3) is 6.01. The van der Waals surface area contributed by atoms with Gasteiger partial charge in [0.15, 0.2) is 0 Å². The number of hydrogen-bond acceptors (Lipinski definition) is 4. The molecule has 0 aliphatic rings. The van der Waals surface area contributed by atoms with Crippen molar-refractivity contribution >= 4 is 17.5 Å². The van der Waals surface area contributed by atoms with E-state index in [1.165, 1.54) is 4.90 Å². The fourth-order valence-corrected chi connectivity index (χ4v) is 2.14. The lowest BCUT2D eigenvalue weighted by atomic mass is 10.1. The summed E-state index contributed by atoms with van der Waals surface area (Å²) in [6.45, 7) is 1.62. The van der Waals surface area contributed by atoms with Crippen LogP contribution < -0.4 is 0 Å². The number of aliphatic hydroxyl groups is 1. The predicted octanol–water partition coefficient (Wildman–Crippen LogP) is 1.41. The number of amides is 1. The van der Waals surface area contributed by atoms with Crippen molar-refractivity contribution in [2.45, 2.75) is 6.10 Å². The number of nitrogens with zero attached hydrogens (tertiary/aromatic N) is 2. The summed E-state index contributed by atoms with van der Waals surface area (Å²) in [4.78, 5) is 15.2. The fourth-order valence-electron chi connectivity index (χ4n) is 1.88. The molecule has 5 nitrogen and oxygen atoms in total. The van der Waals surface area contributed by atoms with Crippen molar-refractivity contribution in [2.24, 2.45) is 0 Å². The first kappa shape index (κ1) is 17.9. The Morgan fingerprint density at radius 3 is 2.62 bits per heavy atom. The van der Waals surface area contributed by atoms with Crippen molar-refractivity contribution in [1.29, 1.82) is 0 Å². The molecule has 0 fully saturated rings. The van der Waals surface area contributed by atoms with Gasteiger partial charge in [-0.1, -0.05) is 29.8 Å². The van der Waals surface area contributed by atoms with Gasteiger partial charge in [-0.25, -0.2) is 0 Å². The van der Waals surface area contributed by atoms with E-state index >= 15 is 0 Å². The van der Waals surface area contributed by atoms with E-state index in [-0.39, 0.29) is 12.5 Å². The Kier molecular flexibility index (Phi) is 7.67. The smallest absolute Gasteiger partial charge is 0.236 e. The molecular weight excluding hydrogens is 292 g/mol. The zero-order chi connectivity index (χ0) is 15.8. The second-order valence-electron chi connectivity index (χ2n) is 5.05. The third-order valence-electron chi connectivity index (χ3n) is 3.16. The molecule has 0 saturated heterocycles. The van der Waals surface area contributed by atoms with Crippen LogP contribution in [0.3, 0.4) is 0 Å². The fraction of sp³-hybridized carbons (Fsp3) is 0.533. The molecule has 1 aromatic rings. The van der Waals surface area contributed by atoms with Crippen LogP contribution in [0.2, 0.25) is 5.02 Å². The molecule has 1 aromatic carbocycles. The molecular formula is C15H23ClN2O3. The van der Waals surface area contributed by atoms with Crippen molar-refractivity contribution in [1.82, 2.24) is 9.80 Å². The van der Waals surface area contributed by atoms with Gasteiger partial charge in [-0.05, 0) is 6.07 Å². The zero-order valence-electron chi connectivity index (χ0n) is 12.8. The van der Waals surface area contributed by atoms with Crippen molar-refractivity contribution in [3.63, 3.8) is 0 Å². The lowest BCUT2D eigenvalue weighted by molar-refractivity contribution is -0.130. The monoisotopic (exact) mass is 314 g/mol. The molecule has 1 amide bonds. The van der Waals surface area contributed by atoms with Crippen LogP contribution in [-0.4, -0.2) is 68.3 Å². The number of carbonyl (C=O) groups excluding carboxylic acids is 1. The number of hydrogen-bond donors (Lipinski definition) is 1. The zero-order valence-corrected chi connectivity index (χ0v) is 13.5. The molecule has 1 rings (SSSR count). The van der Waals surface area contributed by atoms with Gasteiger partial charge in [-0.2, -0.15) is 0 Å². The standard InChI is InChI=1S/C15H23ClN2O3/c1-17(2)15(20)11-18(8-9-21-3)10-14(19)12-6-4-5-7-13(12)16/h4-7,14,19H,8-11H2,1-3H3/t14-/m1/s1. The minimum absolute atomic E-state index is 0.0162. The number of ether oxygens (including phenoxy) is 1. The number of rotatable bonds is 8. The Labute approximate surface area is 131 Å². The molecule has 0 spiro atoms. The van der Waals surface area contributed by atoms with Gasteiger partial charge in [-0.3, -0.25) is 9.69 Å². The minimum atomic E-state index is -0.745. The van der Waals surface area contributed by atoms with E-state index < -0.39 is 6.10 Å². The Balaban J connectivity index is 2.71. The van der Waals surface area contributed by atoms with Crippen LogP contribution in [0.5, 0.6) is 0 Å². The van der Waals surface area contributed by atoms with E-state index in [4.69, 9.17) is 16.3 Å². The van der Waals surface area contributed by atoms with Gasteiger partial charge in [-0.15, -0.1) is 0 Å². The summed E-state index contributed by atoms with van der Waals surface area (Å²) in [5, 5.41) is 10.9. The second-order valence-corrected chi connectivity index (χ2v) is 5.46. The highest BCUT2D eigenvalue weighted by molar-refractivity contribution is 6.31. The lowest BCUT2D eigenvalue weighted by Crippen LogP contribution is -2.40. The SMILES string of the molecule is COCCN(CC(=O)N(C)C)C[C@@H](O)c1ccccc1Cl. The Morgan fingerprint density at radius 2 is 2.05 bits per heavy atom. The summed E-state index contributed by atoms with van der Waals surface area (Å²) in [5.41, 5.74) is 0.666. The summed E-state index contributed by atoms with van der Waals surface area (Å²) in [6.07, 6.45) is -0.745. The van der Waals surface area contributed by atoms with Crippen molar-refractivity contribution in [3.05, 3.63) is 34.9 Å². The molecule has 0 unspecified atom stereocenters. The maximum Gasteiger partial charge on any atom is 0.236 e. The largest absolute Gasteiger partial charge is 0.387 e. The van der Waals surface area contributed by atoms with Crippen LogP contribution in [0, 0.1) is 0 Å². The molecule has 0 bridgehead atoms. The number of likely N-dealkylation sites (N-methyl/N-ethyl adjacent to an activating group) is 1. The molecule has 0 heterocycles. The van der Waals surface area contributed by atoms with Gasteiger partial charge < -0.3 is 14.7 Å². The molecule has 21 heavy (non-hydrogen) atoms. The summed E-state index contributed by atoms with van der Waals surface area (Å²) >= 11 is 6.08. The van der Waals surface area contributed by atoms with Crippen LogP contribution in [0.1, 0.15) is 11.7 Å². The Bertz CT molecular complexity index is 454. The summed E-state index contributed by atoms with van der Waals surface area (Å²) in [6, 6.07) is 7.17. The number of benzene rings is 1. The van der Waals surface area contributed by atoms with Crippen molar-refractivity contribution in [2.75, 3.05) is 47.4 Å². The Hall–Kier alpha value is -1.14. The van der Waals surface area contributed by atoms with E-state index in [1.807, 2.05) is 17.0 Å². The van der Waals surface area contributed by atoms with Crippen molar-refractivity contribution in [3.8, 4) is 0 Å². The van der Waals surface area contributed by atoms with Gasteiger partial charge in [0.2, 0.25) is 5.91 Å². The predicted molar refractivity (Wildman–Crippen MR) is 83.4 cm³/mol. The topological polar surface area (TPSA) is 53.0 Å². The molecule has 0 aliphatic heterocycles. The first-order valence-corrected chi connectivity index (χ1v) is 7.17. The number of methoxy groups -OCH3 is 1. The molecule has 0 aliphatic carbocycles. The van der Waals surface area contributed by atoms with Crippen LogP contribution in [0.4, 0.5) is 0 Å². The molecule has 0 aromatic heterocycles. The summed E-state index contributed by atoms with van der Waals surface area (Å²) in [5.74, 6) is -0.0162. The number of carbonyl (C=O) groups is 1. The maximum atomic E-state index is 11.8.